The van der Waals surface area contributed by atoms with E-state index in [1.54, 1.807) is 4.90 Å². The monoisotopic (exact) mass is 283 g/mol. The lowest BCUT2D eigenvalue weighted by atomic mass is 9.98. The fourth-order valence-electron chi connectivity index (χ4n) is 3.10. The smallest absolute Gasteiger partial charge is 0.410 e. The Balaban J connectivity index is 1.76. The van der Waals surface area contributed by atoms with Gasteiger partial charge in [-0.05, 0) is 33.6 Å². The molecule has 2 fully saturated rings. The molecule has 116 valence electrons. The number of hydrogen-bond donors (Lipinski definition) is 1. The molecule has 1 aliphatic heterocycles. The molecule has 0 bridgehead atoms. The second-order valence-corrected chi connectivity index (χ2v) is 7.31. The highest BCUT2D eigenvalue weighted by Crippen LogP contribution is 2.28. The van der Waals surface area contributed by atoms with Gasteiger partial charge in [0, 0.05) is 38.3 Å². The van der Waals surface area contributed by atoms with Crippen LogP contribution >= 0.6 is 0 Å². The van der Waals surface area contributed by atoms with Crippen molar-refractivity contribution in [3.8, 4) is 0 Å². The molecule has 1 saturated heterocycles. The number of ether oxygens (including phenoxy) is 1. The zero-order chi connectivity index (χ0) is 14.8. The first kappa shape index (κ1) is 15.6. The highest BCUT2D eigenvalue weighted by atomic mass is 16.6. The van der Waals surface area contributed by atoms with Gasteiger partial charge in [0.25, 0.3) is 0 Å². The Hall–Kier alpha value is -0.810. The maximum Gasteiger partial charge on any atom is 0.410 e. The van der Waals surface area contributed by atoms with Crippen molar-refractivity contribution in [2.75, 3.05) is 32.7 Å². The van der Waals surface area contributed by atoms with Gasteiger partial charge in [-0.25, -0.2) is 4.79 Å². The van der Waals surface area contributed by atoms with E-state index >= 15 is 0 Å². The lowest BCUT2D eigenvalue weighted by Crippen LogP contribution is -2.55. The summed E-state index contributed by atoms with van der Waals surface area (Å²) in [6.45, 7) is 9.96. The van der Waals surface area contributed by atoms with Gasteiger partial charge in [0.2, 0.25) is 0 Å². The molecule has 1 saturated carbocycles. The van der Waals surface area contributed by atoms with Gasteiger partial charge in [0.05, 0.1) is 0 Å². The van der Waals surface area contributed by atoms with Gasteiger partial charge < -0.3 is 15.4 Å². The van der Waals surface area contributed by atoms with E-state index in [0.717, 1.165) is 45.6 Å². The van der Waals surface area contributed by atoms with Gasteiger partial charge in [-0.15, -0.1) is 0 Å². The lowest BCUT2D eigenvalue weighted by Gasteiger charge is -2.39. The topological polar surface area (TPSA) is 58.8 Å². The third kappa shape index (κ3) is 4.35. The minimum absolute atomic E-state index is 0.00802. The molecule has 2 aliphatic rings. The van der Waals surface area contributed by atoms with Gasteiger partial charge in [-0.1, -0.05) is 12.8 Å². The maximum atomic E-state index is 12.0. The largest absolute Gasteiger partial charge is 0.444 e. The predicted octanol–water partition coefficient (Wildman–Crippen LogP) is 1.81. The first-order valence-corrected chi connectivity index (χ1v) is 7.77. The minimum Gasteiger partial charge on any atom is -0.444 e. The van der Waals surface area contributed by atoms with Crippen LogP contribution in [0.4, 0.5) is 4.79 Å². The molecular weight excluding hydrogens is 254 g/mol. The van der Waals surface area contributed by atoms with Crippen molar-refractivity contribution in [1.29, 1.82) is 0 Å². The third-order valence-corrected chi connectivity index (χ3v) is 4.16. The van der Waals surface area contributed by atoms with Crippen molar-refractivity contribution in [1.82, 2.24) is 9.80 Å². The number of nitrogens with two attached hydrogens (primary N) is 1. The number of hydrogen-bond acceptors (Lipinski definition) is 4. The predicted molar refractivity (Wildman–Crippen MR) is 79.6 cm³/mol. The summed E-state index contributed by atoms with van der Waals surface area (Å²) in [4.78, 5) is 16.2. The second-order valence-electron chi connectivity index (χ2n) is 7.31. The quantitative estimate of drug-likeness (QED) is 0.839. The van der Waals surface area contributed by atoms with Crippen molar-refractivity contribution < 1.29 is 9.53 Å². The summed E-state index contributed by atoms with van der Waals surface area (Å²) in [5, 5.41) is 0. The summed E-state index contributed by atoms with van der Waals surface area (Å²) in [6, 6.07) is 0. The summed E-state index contributed by atoms with van der Waals surface area (Å²) >= 11 is 0. The van der Waals surface area contributed by atoms with Crippen LogP contribution in [0.15, 0.2) is 0 Å². The molecular formula is C15H29N3O2. The highest BCUT2D eigenvalue weighted by Gasteiger charge is 2.33. The van der Waals surface area contributed by atoms with E-state index in [0.29, 0.717) is 0 Å². The van der Waals surface area contributed by atoms with Crippen molar-refractivity contribution in [3.05, 3.63) is 0 Å². The molecule has 0 radical (unpaired) electrons. The van der Waals surface area contributed by atoms with Crippen LogP contribution in [0, 0.1) is 0 Å². The molecule has 5 heteroatoms. The van der Waals surface area contributed by atoms with E-state index in [9.17, 15) is 4.79 Å². The number of amides is 1. The maximum absolute atomic E-state index is 12.0. The van der Waals surface area contributed by atoms with Crippen LogP contribution in [0.2, 0.25) is 0 Å². The average molecular weight is 283 g/mol. The summed E-state index contributed by atoms with van der Waals surface area (Å²) in [5.41, 5.74) is 6.01. The van der Waals surface area contributed by atoms with E-state index in [1.165, 1.54) is 12.8 Å². The SMILES string of the molecule is CC(C)(C)OC(=O)N1CCN(CC2(N)CCCC2)CC1. The molecule has 0 aromatic carbocycles. The van der Waals surface area contributed by atoms with Crippen molar-refractivity contribution in [3.63, 3.8) is 0 Å². The summed E-state index contributed by atoms with van der Waals surface area (Å²) < 4.78 is 5.41. The number of piperazine rings is 1. The lowest BCUT2D eigenvalue weighted by molar-refractivity contribution is 0.0129. The number of nitrogens with zero attached hydrogens (tertiary/aromatic N) is 2. The molecule has 0 atom stereocenters. The molecule has 1 amide bonds. The summed E-state index contributed by atoms with van der Waals surface area (Å²) in [7, 11) is 0. The van der Waals surface area contributed by atoms with Crippen LogP contribution in [0.3, 0.4) is 0 Å². The number of rotatable bonds is 2. The number of carbonyl (C=O) groups excluding carboxylic acids is 1. The zero-order valence-corrected chi connectivity index (χ0v) is 13.2. The van der Waals surface area contributed by atoms with Crippen LogP contribution in [0.1, 0.15) is 46.5 Å². The Bertz CT molecular complexity index is 338. The van der Waals surface area contributed by atoms with Crippen LogP contribution in [0.5, 0.6) is 0 Å². The van der Waals surface area contributed by atoms with Crippen molar-refractivity contribution in [2.24, 2.45) is 5.73 Å². The summed E-state index contributed by atoms with van der Waals surface area (Å²) in [6.07, 6.45) is 4.60. The standard InChI is InChI=1S/C15H29N3O2/c1-14(2,3)20-13(19)18-10-8-17(9-11-18)12-15(16)6-4-5-7-15/h4-12,16H2,1-3H3. The van der Waals surface area contributed by atoms with E-state index in [-0.39, 0.29) is 11.6 Å². The van der Waals surface area contributed by atoms with Gasteiger partial charge in [0.1, 0.15) is 5.60 Å². The fourth-order valence-corrected chi connectivity index (χ4v) is 3.10. The molecule has 0 aromatic heterocycles. The van der Waals surface area contributed by atoms with Crippen LogP contribution in [-0.4, -0.2) is 59.8 Å². The Kier molecular flexibility index (Phi) is 4.59. The average Bonchev–Trinajstić information content (AvgIpc) is 2.74. The second kappa shape index (κ2) is 5.90. The first-order chi connectivity index (χ1) is 9.27. The van der Waals surface area contributed by atoms with Crippen LogP contribution in [0.25, 0.3) is 0 Å². The zero-order valence-electron chi connectivity index (χ0n) is 13.2. The van der Waals surface area contributed by atoms with Gasteiger partial charge in [-0.2, -0.15) is 0 Å². The Morgan fingerprint density at radius 2 is 1.70 bits per heavy atom. The fraction of sp³-hybridized carbons (Fsp3) is 0.933. The molecule has 5 nitrogen and oxygen atoms in total. The van der Waals surface area contributed by atoms with Crippen LogP contribution < -0.4 is 5.73 Å². The van der Waals surface area contributed by atoms with Crippen LogP contribution in [-0.2, 0) is 4.74 Å². The van der Waals surface area contributed by atoms with E-state index in [2.05, 4.69) is 4.90 Å². The van der Waals surface area contributed by atoms with E-state index in [4.69, 9.17) is 10.5 Å². The minimum atomic E-state index is -0.417. The first-order valence-electron chi connectivity index (χ1n) is 7.77. The Morgan fingerprint density at radius 3 is 2.20 bits per heavy atom. The molecule has 2 N–H and O–H groups in total. The third-order valence-electron chi connectivity index (χ3n) is 4.16. The van der Waals surface area contributed by atoms with E-state index < -0.39 is 5.60 Å². The van der Waals surface area contributed by atoms with Gasteiger partial charge >= 0.3 is 6.09 Å². The normalized spacial score (nSPS) is 23.9. The van der Waals surface area contributed by atoms with E-state index in [1.807, 2.05) is 20.8 Å². The Morgan fingerprint density at radius 1 is 1.15 bits per heavy atom. The molecule has 0 spiro atoms. The van der Waals surface area contributed by atoms with Gasteiger partial charge in [-0.3, -0.25) is 4.90 Å². The van der Waals surface area contributed by atoms with Gasteiger partial charge in [0.15, 0.2) is 0 Å². The molecule has 2 rings (SSSR count). The molecule has 1 heterocycles. The molecule has 0 aromatic rings. The number of carbonyl (C=O) groups is 1. The molecule has 0 unspecified atom stereocenters. The Labute approximate surface area is 122 Å². The molecule has 1 aliphatic carbocycles. The summed E-state index contributed by atoms with van der Waals surface area (Å²) in [5.74, 6) is 0. The van der Waals surface area contributed by atoms with Crippen molar-refractivity contribution >= 4 is 6.09 Å². The highest BCUT2D eigenvalue weighted by molar-refractivity contribution is 5.68. The van der Waals surface area contributed by atoms with Crippen molar-refractivity contribution in [2.45, 2.75) is 57.6 Å². The molecule has 20 heavy (non-hydrogen) atoms.